The van der Waals surface area contributed by atoms with Crippen LogP contribution < -0.4 is 4.74 Å². The lowest BCUT2D eigenvalue weighted by atomic mass is 10.1. The number of carboxylic acid groups (broad SMARTS) is 2. The zero-order valence-corrected chi connectivity index (χ0v) is 15.5. The van der Waals surface area contributed by atoms with Crippen LogP contribution in [-0.2, 0) is 14.4 Å². The van der Waals surface area contributed by atoms with Gasteiger partial charge in [0.1, 0.15) is 16.1 Å². The number of para-hydroxylation sites is 1. The van der Waals surface area contributed by atoms with Crippen molar-refractivity contribution < 1.29 is 29.3 Å². The van der Waals surface area contributed by atoms with Crippen LogP contribution in [0.15, 0.2) is 29.2 Å². The molecule has 1 aromatic rings. The van der Waals surface area contributed by atoms with Crippen LogP contribution in [-0.4, -0.2) is 49.9 Å². The molecule has 1 aliphatic heterocycles. The van der Waals surface area contributed by atoms with Crippen molar-refractivity contribution in [2.45, 2.75) is 25.8 Å². The maximum absolute atomic E-state index is 12.7. The Kier molecular flexibility index (Phi) is 6.76. The van der Waals surface area contributed by atoms with E-state index in [1.807, 2.05) is 6.92 Å². The molecule has 2 rings (SSSR count). The van der Waals surface area contributed by atoms with Gasteiger partial charge in [0, 0.05) is 5.56 Å². The second kappa shape index (κ2) is 8.81. The fourth-order valence-electron chi connectivity index (χ4n) is 2.40. The van der Waals surface area contributed by atoms with E-state index >= 15 is 0 Å². The van der Waals surface area contributed by atoms with E-state index in [9.17, 15) is 19.5 Å². The molecule has 1 saturated heterocycles. The molecule has 1 fully saturated rings. The summed E-state index contributed by atoms with van der Waals surface area (Å²) in [6, 6.07) is 5.66. The van der Waals surface area contributed by atoms with Crippen LogP contribution in [0, 0.1) is 0 Å². The Bertz CT molecular complexity index is 776. The zero-order valence-electron chi connectivity index (χ0n) is 13.9. The van der Waals surface area contributed by atoms with Gasteiger partial charge in [-0.25, -0.2) is 9.59 Å². The first-order chi connectivity index (χ1) is 12.3. The first-order valence-corrected chi connectivity index (χ1v) is 9.01. The van der Waals surface area contributed by atoms with Crippen molar-refractivity contribution in [3.63, 3.8) is 0 Å². The molecule has 0 aromatic heterocycles. The summed E-state index contributed by atoms with van der Waals surface area (Å²) >= 11 is 6.21. The van der Waals surface area contributed by atoms with Crippen molar-refractivity contribution in [1.82, 2.24) is 4.90 Å². The summed E-state index contributed by atoms with van der Waals surface area (Å²) < 4.78 is 5.40. The predicted octanol–water partition coefficient (Wildman–Crippen LogP) is 2.60. The maximum atomic E-state index is 12.7. The number of aliphatic carboxylic acids is 2. The molecule has 0 radical (unpaired) electrons. The van der Waals surface area contributed by atoms with E-state index in [1.165, 1.54) is 6.08 Å². The molecule has 1 heterocycles. The van der Waals surface area contributed by atoms with Gasteiger partial charge in [-0.15, -0.1) is 0 Å². The van der Waals surface area contributed by atoms with E-state index in [2.05, 4.69) is 0 Å². The summed E-state index contributed by atoms with van der Waals surface area (Å²) in [6.07, 6.45) is 2.42. The van der Waals surface area contributed by atoms with Crippen LogP contribution in [0.5, 0.6) is 5.75 Å². The van der Waals surface area contributed by atoms with E-state index in [0.29, 0.717) is 24.2 Å². The van der Waals surface area contributed by atoms with Crippen molar-refractivity contribution in [2.24, 2.45) is 0 Å². The first kappa shape index (κ1) is 19.9. The molecular formula is C17H17NO6S2. The highest BCUT2D eigenvalue weighted by molar-refractivity contribution is 8.26. The van der Waals surface area contributed by atoms with Crippen LogP contribution >= 0.6 is 24.0 Å². The number of benzene rings is 1. The number of ether oxygens (including phenoxy) is 1. The minimum Gasteiger partial charge on any atom is -0.481 e. The molecule has 138 valence electrons. The quantitative estimate of drug-likeness (QED) is 0.511. The standard InChI is InChI=1S/C17H17NO6S2/c1-2-5-11(16(22)23)18-15(21)13(26-17(18)25)8-10-6-3-4-7-12(10)24-9-14(19)20/h3-4,6-8,11H,2,5,9H2,1H3,(H,19,20)(H,22,23)/b13-8-. The van der Waals surface area contributed by atoms with E-state index < -0.39 is 30.5 Å². The van der Waals surface area contributed by atoms with Gasteiger partial charge in [0.2, 0.25) is 0 Å². The van der Waals surface area contributed by atoms with Crippen LogP contribution in [0.1, 0.15) is 25.3 Å². The minimum atomic E-state index is -1.12. The molecule has 9 heteroatoms. The molecule has 1 aromatic carbocycles. The third-order valence-corrected chi connectivity index (χ3v) is 4.87. The monoisotopic (exact) mass is 395 g/mol. The van der Waals surface area contributed by atoms with Gasteiger partial charge in [-0.2, -0.15) is 0 Å². The van der Waals surface area contributed by atoms with E-state index in [0.717, 1.165) is 16.7 Å². The number of rotatable bonds is 8. The van der Waals surface area contributed by atoms with Gasteiger partial charge in [-0.1, -0.05) is 55.5 Å². The summed E-state index contributed by atoms with van der Waals surface area (Å²) in [5, 5.41) is 18.1. The van der Waals surface area contributed by atoms with Gasteiger partial charge < -0.3 is 14.9 Å². The molecule has 1 aliphatic rings. The molecule has 1 atom stereocenters. The van der Waals surface area contributed by atoms with Crippen molar-refractivity contribution in [3.05, 3.63) is 34.7 Å². The summed E-state index contributed by atoms with van der Waals surface area (Å²) in [6.45, 7) is 1.32. The van der Waals surface area contributed by atoms with Gasteiger partial charge in [-0.3, -0.25) is 9.69 Å². The van der Waals surface area contributed by atoms with E-state index in [-0.39, 0.29) is 9.23 Å². The van der Waals surface area contributed by atoms with Gasteiger partial charge in [-0.05, 0) is 18.6 Å². The summed E-state index contributed by atoms with van der Waals surface area (Å²) in [5.74, 6) is -2.39. The Morgan fingerprint density at radius 3 is 2.65 bits per heavy atom. The molecule has 26 heavy (non-hydrogen) atoms. The fourth-order valence-corrected chi connectivity index (χ4v) is 3.74. The fraction of sp³-hybridized carbons (Fsp3) is 0.294. The van der Waals surface area contributed by atoms with Crippen molar-refractivity contribution in [2.75, 3.05) is 6.61 Å². The van der Waals surface area contributed by atoms with Gasteiger partial charge >= 0.3 is 11.9 Å². The number of carboxylic acids is 2. The van der Waals surface area contributed by atoms with Gasteiger partial charge in [0.25, 0.3) is 5.91 Å². The molecule has 0 aliphatic carbocycles. The maximum Gasteiger partial charge on any atom is 0.341 e. The number of nitrogens with zero attached hydrogens (tertiary/aromatic N) is 1. The number of hydrogen-bond donors (Lipinski definition) is 2. The molecule has 7 nitrogen and oxygen atoms in total. The van der Waals surface area contributed by atoms with E-state index in [4.69, 9.17) is 22.1 Å². The largest absolute Gasteiger partial charge is 0.481 e. The Labute approximate surface area is 159 Å². The summed E-state index contributed by atoms with van der Waals surface area (Å²) in [5.41, 5.74) is 0.511. The van der Waals surface area contributed by atoms with Crippen molar-refractivity contribution in [1.29, 1.82) is 0 Å². The highest BCUT2D eigenvalue weighted by Gasteiger charge is 2.40. The lowest BCUT2D eigenvalue weighted by Crippen LogP contribution is -2.43. The summed E-state index contributed by atoms with van der Waals surface area (Å²) in [4.78, 5) is 36.2. The topological polar surface area (TPSA) is 104 Å². The first-order valence-electron chi connectivity index (χ1n) is 7.78. The molecular weight excluding hydrogens is 378 g/mol. The Hall–Kier alpha value is -2.39. The predicted molar refractivity (Wildman–Crippen MR) is 101 cm³/mol. The number of hydrogen-bond acceptors (Lipinski definition) is 6. The van der Waals surface area contributed by atoms with Crippen LogP contribution in [0.2, 0.25) is 0 Å². The lowest BCUT2D eigenvalue weighted by Gasteiger charge is -2.22. The number of thioether (sulfide) groups is 1. The smallest absolute Gasteiger partial charge is 0.341 e. The molecule has 2 N–H and O–H groups in total. The van der Waals surface area contributed by atoms with Gasteiger partial charge in [0.15, 0.2) is 6.61 Å². The van der Waals surface area contributed by atoms with Crippen molar-refractivity contribution >= 4 is 52.2 Å². The molecule has 1 amide bonds. The second-order valence-electron chi connectivity index (χ2n) is 5.41. The lowest BCUT2D eigenvalue weighted by molar-refractivity contribution is -0.145. The number of carbonyl (C=O) groups excluding carboxylic acids is 1. The average molecular weight is 395 g/mol. The van der Waals surface area contributed by atoms with Crippen LogP contribution in [0.3, 0.4) is 0 Å². The van der Waals surface area contributed by atoms with Gasteiger partial charge in [0.05, 0.1) is 4.91 Å². The van der Waals surface area contributed by atoms with E-state index in [1.54, 1.807) is 24.3 Å². The summed E-state index contributed by atoms with van der Waals surface area (Å²) in [7, 11) is 0. The third kappa shape index (κ3) is 4.61. The van der Waals surface area contributed by atoms with Crippen LogP contribution in [0.4, 0.5) is 0 Å². The molecule has 0 saturated carbocycles. The second-order valence-corrected chi connectivity index (χ2v) is 7.09. The van der Waals surface area contributed by atoms with Crippen LogP contribution in [0.25, 0.3) is 6.08 Å². The number of amides is 1. The number of carbonyl (C=O) groups is 3. The zero-order chi connectivity index (χ0) is 19.3. The molecule has 1 unspecified atom stereocenters. The SMILES string of the molecule is CCCC(C(=O)O)N1C(=O)/C(=C/c2ccccc2OCC(=O)O)SC1=S. The Balaban J connectivity index is 2.30. The average Bonchev–Trinajstić information content (AvgIpc) is 2.85. The molecule has 0 bridgehead atoms. The normalized spacial score (nSPS) is 16.8. The Morgan fingerprint density at radius 1 is 1.35 bits per heavy atom. The highest BCUT2D eigenvalue weighted by atomic mass is 32.2. The highest BCUT2D eigenvalue weighted by Crippen LogP contribution is 2.36. The third-order valence-electron chi connectivity index (χ3n) is 3.54. The number of thiocarbonyl (C=S) groups is 1. The minimum absolute atomic E-state index is 0.186. The molecule has 0 spiro atoms. The Morgan fingerprint density at radius 2 is 2.04 bits per heavy atom. The van der Waals surface area contributed by atoms with Crippen molar-refractivity contribution in [3.8, 4) is 5.75 Å².